The highest BCUT2D eigenvalue weighted by Gasteiger charge is 2.15. The zero-order valence-electron chi connectivity index (χ0n) is 14.2. The van der Waals surface area contributed by atoms with E-state index in [9.17, 15) is 9.59 Å². The molecule has 1 aromatic carbocycles. The van der Waals surface area contributed by atoms with Crippen LogP contribution in [-0.2, 0) is 20.7 Å². The lowest BCUT2D eigenvalue weighted by Crippen LogP contribution is -2.36. The van der Waals surface area contributed by atoms with Crippen LogP contribution < -0.4 is 10.1 Å². The quantitative estimate of drug-likeness (QED) is 0.581. The molecule has 0 spiro atoms. The number of esters is 1. The predicted octanol–water partition coefficient (Wildman–Crippen LogP) is 3.06. The van der Waals surface area contributed by atoms with Crippen molar-refractivity contribution >= 4 is 29.3 Å². The normalized spacial score (nSPS) is 11.9. The fourth-order valence-electron chi connectivity index (χ4n) is 2.07. The number of methoxy groups -OCH3 is 1. The zero-order valence-corrected chi connectivity index (χ0v) is 15.0. The van der Waals surface area contributed by atoms with E-state index in [2.05, 4.69) is 5.32 Å². The lowest BCUT2D eigenvalue weighted by molar-refractivity contribution is -0.150. The van der Waals surface area contributed by atoms with Gasteiger partial charge in [-0.05, 0) is 59.5 Å². The molecule has 6 heteroatoms. The molecule has 25 heavy (non-hydrogen) atoms. The van der Waals surface area contributed by atoms with E-state index in [1.807, 2.05) is 41.1 Å². The van der Waals surface area contributed by atoms with E-state index in [4.69, 9.17) is 9.47 Å². The Labute approximate surface area is 151 Å². The number of ether oxygens (including phenoxy) is 2. The number of benzene rings is 1. The van der Waals surface area contributed by atoms with Gasteiger partial charge in [0, 0.05) is 12.6 Å². The summed E-state index contributed by atoms with van der Waals surface area (Å²) in [7, 11) is 1.62. The summed E-state index contributed by atoms with van der Waals surface area (Å²) in [4.78, 5) is 23.7. The minimum Gasteiger partial charge on any atom is -0.497 e. The summed E-state index contributed by atoms with van der Waals surface area (Å²) in [5.74, 6) is -0.0568. The maximum Gasteiger partial charge on any atom is 0.331 e. The first-order valence-electron chi connectivity index (χ1n) is 7.90. The van der Waals surface area contributed by atoms with Crippen molar-refractivity contribution in [2.75, 3.05) is 13.7 Å². The summed E-state index contributed by atoms with van der Waals surface area (Å²) >= 11 is 1.54. The molecule has 1 unspecified atom stereocenters. The Morgan fingerprint density at radius 2 is 2.00 bits per heavy atom. The summed E-state index contributed by atoms with van der Waals surface area (Å²) in [6, 6.07) is 9.54. The zero-order chi connectivity index (χ0) is 18.1. The number of thiophene rings is 1. The van der Waals surface area contributed by atoms with Gasteiger partial charge in [-0.25, -0.2) is 4.79 Å². The third-order valence-electron chi connectivity index (χ3n) is 3.49. The molecule has 0 aliphatic rings. The number of amides is 1. The van der Waals surface area contributed by atoms with E-state index >= 15 is 0 Å². The minimum absolute atomic E-state index is 0.314. The first-order valence-corrected chi connectivity index (χ1v) is 8.84. The largest absolute Gasteiger partial charge is 0.497 e. The van der Waals surface area contributed by atoms with Crippen LogP contribution in [0.5, 0.6) is 5.75 Å². The molecule has 0 saturated carbocycles. The van der Waals surface area contributed by atoms with Gasteiger partial charge in [-0.2, -0.15) is 11.3 Å². The molecule has 0 aliphatic carbocycles. The van der Waals surface area contributed by atoms with E-state index in [0.29, 0.717) is 13.0 Å². The Morgan fingerprint density at radius 1 is 1.24 bits per heavy atom. The van der Waals surface area contributed by atoms with Crippen molar-refractivity contribution in [3.05, 3.63) is 58.3 Å². The number of nitrogens with one attached hydrogen (secondary N) is 1. The lowest BCUT2D eigenvalue weighted by Gasteiger charge is -2.12. The number of carbonyl (C=O) groups excluding carboxylic acids is 2. The number of hydrogen-bond donors (Lipinski definition) is 1. The van der Waals surface area contributed by atoms with Crippen LogP contribution in [-0.4, -0.2) is 31.6 Å². The van der Waals surface area contributed by atoms with Crippen molar-refractivity contribution in [3.63, 3.8) is 0 Å². The molecule has 1 heterocycles. The number of carbonyl (C=O) groups is 2. The van der Waals surface area contributed by atoms with E-state index in [-0.39, 0.29) is 5.91 Å². The van der Waals surface area contributed by atoms with Crippen LogP contribution in [0.3, 0.4) is 0 Å². The summed E-state index contributed by atoms with van der Waals surface area (Å²) < 4.78 is 10.2. The molecule has 0 saturated heterocycles. The van der Waals surface area contributed by atoms with Gasteiger partial charge in [0.25, 0.3) is 5.91 Å². The predicted molar refractivity (Wildman–Crippen MR) is 98.6 cm³/mol. The number of rotatable bonds is 8. The van der Waals surface area contributed by atoms with Crippen LogP contribution >= 0.6 is 11.3 Å². The van der Waals surface area contributed by atoms with Gasteiger partial charge in [-0.1, -0.05) is 12.1 Å². The van der Waals surface area contributed by atoms with Crippen LogP contribution in [0.25, 0.3) is 6.08 Å². The second-order valence-corrected chi connectivity index (χ2v) is 6.14. The van der Waals surface area contributed by atoms with E-state index in [1.165, 1.54) is 6.08 Å². The molecular formula is C19H21NO4S. The van der Waals surface area contributed by atoms with Crippen molar-refractivity contribution in [2.24, 2.45) is 0 Å². The van der Waals surface area contributed by atoms with Gasteiger partial charge < -0.3 is 14.8 Å². The fraction of sp³-hybridized carbons (Fsp3) is 0.263. The summed E-state index contributed by atoms with van der Waals surface area (Å²) in [5.41, 5.74) is 2.02. The molecule has 0 aliphatic heterocycles. The Bertz CT molecular complexity index is 708. The molecule has 1 N–H and O–H groups in total. The van der Waals surface area contributed by atoms with Gasteiger partial charge in [0.05, 0.1) is 7.11 Å². The van der Waals surface area contributed by atoms with Crippen molar-refractivity contribution < 1.29 is 19.1 Å². The molecule has 2 aromatic rings. The maximum atomic E-state index is 12.0. The molecule has 1 aromatic heterocycles. The van der Waals surface area contributed by atoms with Crippen LogP contribution in [0.4, 0.5) is 0 Å². The third kappa shape index (κ3) is 6.43. The molecule has 0 fully saturated rings. The second-order valence-electron chi connectivity index (χ2n) is 5.36. The van der Waals surface area contributed by atoms with Crippen LogP contribution in [0, 0.1) is 0 Å². The van der Waals surface area contributed by atoms with Gasteiger partial charge in [0.15, 0.2) is 6.10 Å². The number of hydrogen-bond acceptors (Lipinski definition) is 5. The average molecular weight is 359 g/mol. The summed E-state index contributed by atoms with van der Waals surface area (Å²) in [6.45, 7) is 2.02. The van der Waals surface area contributed by atoms with Gasteiger partial charge >= 0.3 is 5.97 Å². The van der Waals surface area contributed by atoms with Crippen LogP contribution in [0.1, 0.15) is 18.1 Å². The highest BCUT2D eigenvalue weighted by molar-refractivity contribution is 7.08. The second kappa shape index (κ2) is 9.64. The smallest absolute Gasteiger partial charge is 0.331 e. The van der Waals surface area contributed by atoms with E-state index in [0.717, 1.165) is 16.9 Å². The van der Waals surface area contributed by atoms with Gasteiger partial charge in [-0.3, -0.25) is 4.79 Å². The van der Waals surface area contributed by atoms with Crippen LogP contribution in [0.2, 0.25) is 0 Å². The Kier molecular flexibility index (Phi) is 7.22. The molecule has 0 radical (unpaired) electrons. The lowest BCUT2D eigenvalue weighted by atomic mass is 10.1. The first kappa shape index (κ1) is 18.7. The molecule has 5 nitrogen and oxygen atoms in total. The van der Waals surface area contributed by atoms with Crippen LogP contribution in [0.15, 0.2) is 47.2 Å². The SMILES string of the molecule is COc1ccc(CCNC(=O)C(C)OC(=O)/C=C/c2ccsc2)cc1. The highest BCUT2D eigenvalue weighted by atomic mass is 32.1. The summed E-state index contributed by atoms with van der Waals surface area (Å²) in [5, 5.41) is 6.60. The van der Waals surface area contributed by atoms with Crippen molar-refractivity contribution in [1.29, 1.82) is 0 Å². The van der Waals surface area contributed by atoms with E-state index < -0.39 is 12.1 Å². The first-order chi connectivity index (χ1) is 12.1. The minimum atomic E-state index is -0.838. The molecule has 1 atom stereocenters. The summed E-state index contributed by atoms with van der Waals surface area (Å²) in [6.07, 6.45) is 2.83. The Balaban J connectivity index is 1.71. The third-order valence-corrected chi connectivity index (χ3v) is 4.19. The van der Waals surface area contributed by atoms with Crippen molar-refractivity contribution in [1.82, 2.24) is 5.32 Å². The molecule has 132 valence electrons. The monoisotopic (exact) mass is 359 g/mol. The topological polar surface area (TPSA) is 64.6 Å². The van der Waals surface area contributed by atoms with E-state index in [1.54, 1.807) is 31.4 Å². The van der Waals surface area contributed by atoms with Gasteiger partial charge in [-0.15, -0.1) is 0 Å². The van der Waals surface area contributed by atoms with Crippen molar-refractivity contribution in [2.45, 2.75) is 19.4 Å². The molecule has 1 amide bonds. The molecular weight excluding hydrogens is 338 g/mol. The molecule has 2 rings (SSSR count). The average Bonchev–Trinajstić information content (AvgIpc) is 3.14. The van der Waals surface area contributed by atoms with Crippen molar-refractivity contribution in [3.8, 4) is 5.75 Å². The molecule has 0 bridgehead atoms. The standard InChI is InChI=1S/C19H21NO4S/c1-14(24-18(21)8-5-16-10-12-25-13-16)19(22)20-11-9-15-3-6-17(23-2)7-4-15/h3-8,10,12-14H,9,11H2,1-2H3,(H,20,22)/b8-5+. The highest BCUT2D eigenvalue weighted by Crippen LogP contribution is 2.11. The van der Waals surface area contributed by atoms with Gasteiger partial charge in [0.2, 0.25) is 0 Å². The van der Waals surface area contributed by atoms with Gasteiger partial charge in [0.1, 0.15) is 5.75 Å². The Hall–Kier alpha value is -2.60. The fourth-order valence-corrected chi connectivity index (χ4v) is 2.70. The maximum absolute atomic E-state index is 12.0. The Morgan fingerprint density at radius 3 is 2.64 bits per heavy atom.